The highest BCUT2D eigenvalue weighted by Crippen LogP contribution is 2.28. The first kappa shape index (κ1) is 21.7. The lowest BCUT2D eigenvalue weighted by molar-refractivity contribution is -0.117. The van der Waals surface area contributed by atoms with Crippen LogP contribution in [0.25, 0.3) is 10.9 Å². The summed E-state index contributed by atoms with van der Waals surface area (Å²) in [7, 11) is 0. The van der Waals surface area contributed by atoms with Crippen LogP contribution in [0.5, 0.6) is 0 Å². The molecule has 0 spiro atoms. The number of hydrogen-bond acceptors (Lipinski definition) is 4. The second kappa shape index (κ2) is 9.63. The Kier molecular flexibility index (Phi) is 6.95. The van der Waals surface area contributed by atoms with E-state index >= 15 is 0 Å². The molecule has 0 radical (unpaired) electrons. The standard InChI is InChI=1S/C24H23ClN2O3/c1-15(28)8-10-17-11-13-20(25)19(12-9-16(2)29)22(17)24(30)27-21-7-3-5-18-6-4-14-26-23(18)21/h3-7,11,13-14H,8-10,12H2,1-2H3,(H,27,30). The van der Waals surface area contributed by atoms with Crippen LogP contribution in [0.15, 0.2) is 48.7 Å². The van der Waals surface area contributed by atoms with E-state index in [4.69, 9.17) is 11.6 Å². The quantitative estimate of drug-likeness (QED) is 0.542. The molecule has 0 saturated heterocycles. The van der Waals surface area contributed by atoms with E-state index in [0.29, 0.717) is 46.6 Å². The van der Waals surface area contributed by atoms with E-state index in [9.17, 15) is 14.4 Å². The Balaban J connectivity index is 2.03. The summed E-state index contributed by atoms with van der Waals surface area (Å²) in [6.45, 7) is 3.03. The van der Waals surface area contributed by atoms with Gasteiger partial charge < -0.3 is 14.9 Å². The minimum absolute atomic E-state index is 0.0183. The number of nitrogens with zero attached hydrogens (tertiary/aromatic N) is 1. The molecular weight excluding hydrogens is 400 g/mol. The van der Waals surface area contributed by atoms with Crippen molar-refractivity contribution in [2.75, 3.05) is 5.32 Å². The number of ketones is 2. The van der Waals surface area contributed by atoms with Crippen molar-refractivity contribution in [3.63, 3.8) is 0 Å². The van der Waals surface area contributed by atoms with Gasteiger partial charge in [0.2, 0.25) is 0 Å². The van der Waals surface area contributed by atoms with Crippen molar-refractivity contribution in [3.05, 3.63) is 70.4 Å². The van der Waals surface area contributed by atoms with Gasteiger partial charge in [-0.1, -0.05) is 35.9 Å². The van der Waals surface area contributed by atoms with Gasteiger partial charge in [-0.05, 0) is 56.0 Å². The van der Waals surface area contributed by atoms with Crippen LogP contribution in [0.4, 0.5) is 5.69 Å². The zero-order valence-corrected chi connectivity index (χ0v) is 17.8. The number of anilines is 1. The number of carbonyl (C=O) groups is 3. The van der Waals surface area contributed by atoms with Crippen molar-refractivity contribution in [1.82, 2.24) is 4.98 Å². The van der Waals surface area contributed by atoms with Crippen LogP contribution in [0.2, 0.25) is 5.02 Å². The number of aromatic nitrogens is 1. The molecule has 1 amide bonds. The predicted molar refractivity (Wildman–Crippen MR) is 119 cm³/mol. The Bertz CT molecular complexity index is 1120. The van der Waals surface area contributed by atoms with E-state index in [1.165, 1.54) is 13.8 Å². The van der Waals surface area contributed by atoms with Crippen LogP contribution >= 0.6 is 11.6 Å². The monoisotopic (exact) mass is 422 g/mol. The van der Waals surface area contributed by atoms with Gasteiger partial charge >= 0.3 is 0 Å². The summed E-state index contributed by atoms with van der Waals surface area (Å²) in [6, 6.07) is 12.8. The first-order chi connectivity index (χ1) is 14.4. The number of aryl methyl sites for hydroxylation is 1. The van der Waals surface area contributed by atoms with Crippen LogP contribution in [-0.2, 0) is 22.4 Å². The number of amides is 1. The van der Waals surface area contributed by atoms with Crippen molar-refractivity contribution in [1.29, 1.82) is 0 Å². The van der Waals surface area contributed by atoms with Crippen LogP contribution in [0, 0.1) is 0 Å². The average molecular weight is 423 g/mol. The van der Waals surface area contributed by atoms with E-state index in [1.807, 2.05) is 24.3 Å². The molecule has 5 nitrogen and oxygen atoms in total. The molecule has 0 atom stereocenters. The maximum atomic E-state index is 13.4. The maximum absolute atomic E-state index is 13.4. The summed E-state index contributed by atoms with van der Waals surface area (Å²) >= 11 is 6.42. The highest BCUT2D eigenvalue weighted by Gasteiger charge is 2.20. The Hall–Kier alpha value is -3.05. The zero-order valence-electron chi connectivity index (χ0n) is 17.0. The summed E-state index contributed by atoms with van der Waals surface area (Å²) in [5, 5.41) is 4.30. The Morgan fingerprint density at radius 2 is 1.63 bits per heavy atom. The third-order valence-electron chi connectivity index (χ3n) is 4.92. The van der Waals surface area contributed by atoms with Crippen molar-refractivity contribution in [2.45, 2.75) is 39.5 Å². The molecule has 1 N–H and O–H groups in total. The molecule has 154 valence electrons. The molecule has 1 heterocycles. The molecule has 3 aromatic rings. The molecule has 0 fully saturated rings. The Morgan fingerprint density at radius 1 is 0.933 bits per heavy atom. The fraction of sp³-hybridized carbons (Fsp3) is 0.250. The van der Waals surface area contributed by atoms with E-state index < -0.39 is 0 Å². The number of halogens is 1. The topological polar surface area (TPSA) is 76.1 Å². The van der Waals surface area contributed by atoms with Gasteiger partial charge in [0.15, 0.2) is 0 Å². The second-order valence-electron chi connectivity index (χ2n) is 7.30. The molecule has 30 heavy (non-hydrogen) atoms. The third kappa shape index (κ3) is 5.10. The van der Waals surface area contributed by atoms with Crippen molar-refractivity contribution >= 4 is 45.7 Å². The summed E-state index contributed by atoms with van der Waals surface area (Å²) in [5.74, 6) is -0.266. The van der Waals surface area contributed by atoms with Crippen LogP contribution < -0.4 is 5.32 Å². The zero-order chi connectivity index (χ0) is 21.7. The molecule has 3 rings (SSSR count). The minimum atomic E-state index is -0.326. The minimum Gasteiger partial charge on any atom is -0.320 e. The third-order valence-corrected chi connectivity index (χ3v) is 5.28. The molecule has 6 heteroatoms. The van der Waals surface area contributed by atoms with Crippen LogP contribution in [0.1, 0.15) is 48.2 Å². The van der Waals surface area contributed by atoms with Crippen molar-refractivity contribution in [3.8, 4) is 0 Å². The number of rotatable bonds is 8. The second-order valence-corrected chi connectivity index (χ2v) is 7.71. The SMILES string of the molecule is CC(=O)CCc1ccc(Cl)c(CCC(C)=O)c1C(=O)Nc1cccc2cccnc12. The number of nitrogens with one attached hydrogen (secondary N) is 1. The van der Waals surface area contributed by atoms with Gasteiger partial charge in [-0.3, -0.25) is 9.78 Å². The van der Waals surface area contributed by atoms with E-state index in [1.54, 1.807) is 24.4 Å². The summed E-state index contributed by atoms with van der Waals surface area (Å²) < 4.78 is 0. The molecule has 0 bridgehead atoms. The first-order valence-electron chi connectivity index (χ1n) is 9.81. The number of carbonyl (C=O) groups excluding carboxylic acids is 3. The summed E-state index contributed by atoms with van der Waals surface area (Å²) in [6.07, 6.45) is 3.07. The molecule has 0 unspecified atom stereocenters. The molecular formula is C24H23ClN2O3. The number of pyridine rings is 1. The lowest BCUT2D eigenvalue weighted by Crippen LogP contribution is -2.18. The van der Waals surface area contributed by atoms with Gasteiger partial charge in [-0.2, -0.15) is 0 Å². The van der Waals surface area contributed by atoms with Gasteiger partial charge in [0.1, 0.15) is 11.6 Å². The smallest absolute Gasteiger partial charge is 0.256 e. The summed E-state index contributed by atoms with van der Waals surface area (Å²) in [4.78, 5) is 40.8. The number of Topliss-reactive ketones (excluding diaryl/α,β-unsaturated/α-hetero) is 2. The largest absolute Gasteiger partial charge is 0.320 e. The molecule has 0 aliphatic rings. The molecule has 0 aliphatic heterocycles. The number of para-hydroxylation sites is 1. The predicted octanol–water partition coefficient (Wildman–Crippen LogP) is 5.18. The number of fused-ring (bicyclic) bond motifs is 1. The maximum Gasteiger partial charge on any atom is 0.256 e. The van der Waals surface area contributed by atoms with Gasteiger partial charge in [-0.15, -0.1) is 0 Å². The van der Waals surface area contributed by atoms with Gasteiger partial charge in [0.25, 0.3) is 5.91 Å². The molecule has 0 aliphatic carbocycles. The van der Waals surface area contributed by atoms with E-state index in [-0.39, 0.29) is 23.9 Å². The Labute approximate surface area is 180 Å². The number of hydrogen-bond donors (Lipinski definition) is 1. The van der Waals surface area contributed by atoms with Gasteiger partial charge in [0.05, 0.1) is 11.2 Å². The van der Waals surface area contributed by atoms with E-state index in [0.717, 1.165) is 10.9 Å². The van der Waals surface area contributed by atoms with E-state index in [2.05, 4.69) is 10.3 Å². The highest BCUT2D eigenvalue weighted by molar-refractivity contribution is 6.32. The van der Waals surface area contributed by atoms with Crippen molar-refractivity contribution in [2.24, 2.45) is 0 Å². The normalized spacial score (nSPS) is 10.8. The lowest BCUT2D eigenvalue weighted by atomic mass is 9.93. The lowest BCUT2D eigenvalue weighted by Gasteiger charge is -2.17. The van der Waals surface area contributed by atoms with Crippen LogP contribution in [0.3, 0.4) is 0 Å². The molecule has 0 saturated carbocycles. The summed E-state index contributed by atoms with van der Waals surface area (Å²) in [5.41, 5.74) is 3.06. The number of benzene rings is 2. The van der Waals surface area contributed by atoms with Crippen molar-refractivity contribution < 1.29 is 14.4 Å². The average Bonchev–Trinajstić information content (AvgIpc) is 2.71. The fourth-order valence-corrected chi connectivity index (χ4v) is 3.66. The fourth-order valence-electron chi connectivity index (χ4n) is 3.41. The Morgan fingerprint density at radius 3 is 2.37 bits per heavy atom. The molecule has 1 aromatic heterocycles. The van der Waals surface area contributed by atoms with Gasteiger partial charge in [-0.25, -0.2) is 0 Å². The first-order valence-corrected chi connectivity index (χ1v) is 10.2. The van der Waals surface area contributed by atoms with Crippen LogP contribution in [-0.4, -0.2) is 22.5 Å². The molecule has 2 aromatic carbocycles. The van der Waals surface area contributed by atoms with Gasteiger partial charge in [0, 0.05) is 35.0 Å². The highest BCUT2D eigenvalue weighted by atomic mass is 35.5.